The smallest absolute Gasteiger partial charge is 0.365 e. The van der Waals surface area contributed by atoms with Crippen LogP contribution >= 0.6 is 0 Å². The number of nitrogens with zero attached hydrogens (tertiary/aromatic N) is 4. The molecule has 3 atom stereocenters. The Morgan fingerprint density at radius 3 is 2.53 bits per heavy atom. The lowest BCUT2D eigenvalue weighted by molar-refractivity contribution is -0.140. The van der Waals surface area contributed by atoms with Gasteiger partial charge in [0.05, 0.1) is 12.5 Å². The molecular weight excluding hydrogens is 597 g/mol. The molecule has 236 valence electrons. The predicted octanol–water partition coefficient (Wildman–Crippen LogP) is 4.56. The number of benzene rings is 2. The summed E-state index contributed by atoms with van der Waals surface area (Å²) in [6.07, 6.45) is 13.2. The monoisotopic (exact) mass is 633 g/mol. The van der Waals surface area contributed by atoms with Gasteiger partial charge in [-0.2, -0.15) is 5.10 Å². The molecule has 6 rings (SSSR count). The van der Waals surface area contributed by atoms with Crippen molar-refractivity contribution in [2.45, 2.75) is 43.2 Å². The van der Waals surface area contributed by atoms with Gasteiger partial charge in [0, 0.05) is 34.8 Å². The summed E-state index contributed by atoms with van der Waals surface area (Å²) in [7, 11) is 0. The first-order chi connectivity index (χ1) is 21.7. The molecule has 2 aromatic heterocycles. The average Bonchev–Trinajstić information content (AvgIpc) is 3.81. The summed E-state index contributed by atoms with van der Waals surface area (Å²) in [5.41, 5.74) is 4.31. The van der Waals surface area contributed by atoms with Gasteiger partial charge in [0.2, 0.25) is 4.75 Å². The molecule has 3 heterocycles. The molecular formula is C33H36FN5O5S. The van der Waals surface area contributed by atoms with Gasteiger partial charge in [0.25, 0.3) is 0 Å². The molecule has 45 heavy (non-hydrogen) atoms. The number of hydrogen-bond acceptors (Lipinski definition) is 6. The Labute approximate surface area is 263 Å². The van der Waals surface area contributed by atoms with E-state index >= 15 is 0 Å². The lowest BCUT2D eigenvalue weighted by atomic mass is 9.82. The number of nitrogens with one attached hydrogen (secondary N) is 1. The third kappa shape index (κ3) is 7.35. The fourth-order valence-electron chi connectivity index (χ4n) is 5.87. The second kappa shape index (κ2) is 14.2. The summed E-state index contributed by atoms with van der Waals surface area (Å²) >= 11 is -1.93. The minimum absolute atomic E-state index is 0.109. The highest BCUT2D eigenvalue weighted by Crippen LogP contribution is 2.39. The number of fused-ring (bicyclic) bond motifs is 1. The number of halogens is 1. The molecule has 1 saturated heterocycles. The van der Waals surface area contributed by atoms with Crippen LogP contribution < -0.4 is 0 Å². The maximum atomic E-state index is 12.9. The first-order valence-corrected chi connectivity index (χ1v) is 16.1. The predicted molar refractivity (Wildman–Crippen MR) is 169 cm³/mol. The van der Waals surface area contributed by atoms with Gasteiger partial charge in [-0.05, 0) is 85.0 Å². The van der Waals surface area contributed by atoms with Gasteiger partial charge < -0.3 is 24.6 Å². The second-order valence-electron chi connectivity index (χ2n) is 11.3. The average molecular weight is 634 g/mol. The van der Waals surface area contributed by atoms with Crippen LogP contribution in [0.15, 0.2) is 85.1 Å². The van der Waals surface area contributed by atoms with Crippen LogP contribution in [0.2, 0.25) is 0 Å². The molecule has 0 bridgehead atoms. The van der Waals surface area contributed by atoms with Crippen molar-refractivity contribution < 1.29 is 28.7 Å². The lowest BCUT2D eigenvalue weighted by Crippen LogP contribution is -2.52. The number of H-pyrrole nitrogens is 1. The Balaban J connectivity index is 0.000000178. The van der Waals surface area contributed by atoms with Crippen molar-refractivity contribution in [2.75, 3.05) is 19.6 Å². The SMILES string of the molecule is CC1C(C(=O)O)=CC=C[C@@]1(C(=O)O)[S+]([O-])Cc1ccc(F)cc1.c1ncn(Cc2ccc3[nH]cc(CCN4CCCC4)c3c2)n1. The zero-order valence-electron chi connectivity index (χ0n) is 24.9. The van der Waals surface area contributed by atoms with E-state index in [-0.39, 0.29) is 11.3 Å². The van der Waals surface area contributed by atoms with E-state index in [9.17, 15) is 28.7 Å². The highest BCUT2D eigenvalue weighted by molar-refractivity contribution is 7.93. The Hall–Kier alpha value is -4.26. The standard InChI is InChI=1S/C17H21N5.C16H15FO5S/c1-2-7-21(6-1)8-5-15-10-19-17-4-3-14(9-16(15)17)11-22-13-18-12-20-22;1-10-13(14(18)19)3-2-8-16(10,15(20)21)23(22)9-11-4-6-12(17)7-5-11/h3-4,9-10,12-13,19H,1-2,5-8,11H2;2-8,10H,9H2,1H3,(H,18,19)(H,20,21)/t;10?,16-,23?/m.1/s1. The molecule has 1 fully saturated rings. The molecule has 1 aliphatic heterocycles. The van der Waals surface area contributed by atoms with Gasteiger partial charge >= 0.3 is 11.9 Å². The van der Waals surface area contributed by atoms with Gasteiger partial charge in [-0.25, -0.2) is 23.6 Å². The fourth-order valence-corrected chi connectivity index (χ4v) is 7.55. The van der Waals surface area contributed by atoms with Crippen molar-refractivity contribution >= 4 is 34.0 Å². The molecule has 2 aromatic carbocycles. The largest absolute Gasteiger partial charge is 0.615 e. The van der Waals surface area contributed by atoms with Crippen LogP contribution in [0.4, 0.5) is 4.39 Å². The fraction of sp³-hybridized carbons (Fsp3) is 0.333. The summed E-state index contributed by atoms with van der Waals surface area (Å²) in [6, 6.07) is 11.9. The summed E-state index contributed by atoms with van der Waals surface area (Å²) in [4.78, 5) is 33.0. The van der Waals surface area contributed by atoms with Crippen molar-refractivity contribution in [1.82, 2.24) is 24.6 Å². The number of rotatable bonds is 10. The first-order valence-electron chi connectivity index (χ1n) is 14.8. The van der Waals surface area contributed by atoms with E-state index in [1.54, 1.807) is 12.7 Å². The van der Waals surface area contributed by atoms with Crippen molar-refractivity contribution in [3.63, 3.8) is 0 Å². The van der Waals surface area contributed by atoms with Crippen LogP contribution in [0.5, 0.6) is 0 Å². The summed E-state index contributed by atoms with van der Waals surface area (Å²) in [5.74, 6) is -4.13. The third-order valence-electron chi connectivity index (χ3n) is 8.44. The Morgan fingerprint density at radius 1 is 1.13 bits per heavy atom. The Morgan fingerprint density at radius 2 is 1.87 bits per heavy atom. The van der Waals surface area contributed by atoms with Crippen LogP contribution in [-0.4, -0.2) is 75.7 Å². The maximum absolute atomic E-state index is 12.9. The number of aliphatic carboxylic acids is 2. The van der Waals surface area contributed by atoms with Gasteiger partial charge in [0.15, 0.2) is 0 Å². The third-order valence-corrected chi connectivity index (χ3v) is 10.5. The number of hydrogen-bond donors (Lipinski definition) is 3. The summed E-state index contributed by atoms with van der Waals surface area (Å²) in [6.45, 7) is 5.90. The molecule has 0 amide bonds. The quantitative estimate of drug-likeness (QED) is 0.215. The van der Waals surface area contributed by atoms with Gasteiger partial charge in [0.1, 0.15) is 24.2 Å². The number of carbonyl (C=O) groups is 2. The molecule has 1 aliphatic carbocycles. The molecule has 0 spiro atoms. The van der Waals surface area contributed by atoms with Gasteiger partial charge in [-0.15, -0.1) is 0 Å². The topological polar surface area (TPSA) is 147 Å². The van der Waals surface area contributed by atoms with Crippen molar-refractivity contribution in [2.24, 2.45) is 5.92 Å². The van der Waals surface area contributed by atoms with E-state index in [0.717, 1.165) is 13.0 Å². The van der Waals surface area contributed by atoms with Crippen LogP contribution in [0, 0.1) is 11.7 Å². The van der Waals surface area contributed by atoms with Crippen molar-refractivity contribution in [1.29, 1.82) is 0 Å². The molecule has 2 aliphatic rings. The molecule has 4 aromatic rings. The minimum Gasteiger partial charge on any atom is -0.615 e. The Kier molecular flexibility index (Phi) is 10.2. The molecule has 0 radical (unpaired) electrons. The minimum atomic E-state index is -1.93. The van der Waals surface area contributed by atoms with Gasteiger partial charge in [-0.1, -0.05) is 37.3 Å². The number of likely N-dealkylation sites (tertiary alicyclic amines) is 1. The van der Waals surface area contributed by atoms with Crippen molar-refractivity contribution in [3.05, 3.63) is 108 Å². The van der Waals surface area contributed by atoms with E-state index in [0.29, 0.717) is 5.56 Å². The number of aromatic amines is 1. The van der Waals surface area contributed by atoms with E-state index in [1.165, 1.54) is 104 Å². The Bertz CT molecular complexity index is 1680. The van der Waals surface area contributed by atoms with E-state index < -0.39 is 39.6 Å². The zero-order valence-corrected chi connectivity index (χ0v) is 25.8. The first kappa shape index (κ1) is 32.1. The molecule has 10 nitrogen and oxygen atoms in total. The highest BCUT2D eigenvalue weighted by atomic mass is 32.2. The summed E-state index contributed by atoms with van der Waals surface area (Å²) < 4.78 is 25.7. The van der Waals surface area contributed by atoms with Crippen LogP contribution in [0.25, 0.3) is 10.9 Å². The molecule has 2 unspecified atom stereocenters. The number of carboxylic acids is 2. The van der Waals surface area contributed by atoms with E-state index in [2.05, 4.69) is 44.4 Å². The van der Waals surface area contributed by atoms with Crippen LogP contribution in [-0.2, 0) is 39.5 Å². The number of allylic oxidation sites excluding steroid dienone is 2. The second-order valence-corrected chi connectivity index (χ2v) is 13.0. The normalized spacial score (nSPS) is 20.4. The maximum Gasteiger partial charge on any atom is 0.365 e. The van der Waals surface area contributed by atoms with E-state index in [1.807, 2.05) is 4.68 Å². The lowest BCUT2D eigenvalue weighted by Gasteiger charge is -2.36. The number of aromatic nitrogens is 4. The van der Waals surface area contributed by atoms with Crippen LogP contribution in [0.1, 0.15) is 36.5 Å². The zero-order chi connectivity index (χ0) is 32.0. The highest BCUT2D eigenvalue weighted by Gasteiger charge is 2.55. The van der Waals surface area contributed by atoms with E-state index in [4.69, 9.17) is 0 Å². The summed E-state index contributed by atoms with van der Waals surface area (Å²) in [5, 5.41) is 24.3. The molecule has 3 N–H and O–H groups in total. The molecule has 0 saturated carbocycles. The number of carboxylic acid groups (broad SMARTS) is 2. The van der Waals surface area contributed by atoms with Crippen LogP contribution in [0.3, 0.4) is 0 Å². The molecule has 12 heteroatoms. The van der Waals surface area contributed by atoms with Gasteiger partial charge in [-0.3, -0.25) is 0 Å². The van der Waals surface area contributed by atoms with Crippen molar-refractivity contribution in [3.8, 4) is 0 Å².